The lowest BCUT2D eigenvalue weighted by Crippen LogP contribution is -2.56. The van der Waals surface area contributed by atoms with Crippen LogP contribution in [0.4, 0.5) is 24.7 Å². The average molecular weight is 756 g/mol. The Bertz CT molecular complexity index is 1940. The summed E-state index contributed by atoms with van der Waals surface area (Å²) in [6, 6.07) is 12.3. The van der Waals surface area contributed by atoms with Crippen molar-refractivity contribution in [3.05, 3.63) is 77.3 Å². The standard InChI is InChI=1S/C37H41ClF3N7O5/c1-21-19-47(35(51)36(2,3)20-49)11-12-48(21)32-10-9-24(16-43-32)34(50)46-28-15-31(53-37(39,40)41)26(14-27(28)38)22-5-7-23(8-6-22)30-18-44-33(45-30)29-13-25(52-4)17-42-29/h5-10,14-16,18,21,25,29,42,49H,11-13,17,19-20H2,1-4H3,(H,44,45)(H,46,50). The number of aromatic amines is 1. The number of nitrogens with zero attached hydrogens (tertiary/aromatic N) is 4. The minimum Gasteiger partial charge on any atom is -0.405 e. The topological polar surface area (TPSA) is 145 Å². The summed E-state index contributed by atoms with van der Waals surface area (Å²) in [5.41, 5.74) is 1.19. The minimum absolute atomic E-state index is 0.00112. The molecule has 4 N–H and O–H groups in total. The quantitative estimate of drug-likeness (QED) is 0.152. The largest absolute Gasteiger partial charge is 0.573 e. The molecule has 2 aliphatic rings. The summed E-state index contributed by atoms with van der Waals surface area (Å²) >= 11 is 6.54. The molecule has 0 radical (unpaired) electrons. The van der Waals surface area contributed by atoms with Crippen molar-refractivity contribution >= 4 is 34.9 Å². The van der Waals surface area contributed by atoms with E-state index in [1.165, 1.54) is 12.3 Å². The molecule has 2 saturated heterocycles. The number of aliphatic hydroxyl groups excluding tert-OH is 1. The first-order chi connectivity index (χ1) is 25.2. The molecule has 6 rings (SSSR count). The third-order valence-corrected chi connectivity index (χ3v) is 9.91. The zero-order valence-corrected chi connectivity index (χ0v) is 30.4. The second-order valence-corrected chi connectivity index (χ2v) is 14.3. The van der Waals surface area contributed by atoms with Crippen LogP contribution in [0.1, 0.15) is 49.4 Å². The fourth-order valence-electron chi connectivity index (χ4n) is 6.53. The van der Waals surface area contributed by atoms with Crippen molar-refractivity contribution < 1.29 is 37.3 Å². The molecule has 2 aliphatic heterocycles. The predicted molar refractivity (Wildman–Crippen MR) is 194 cm³/mol. The Hall–Kier alpha value is -4.70. The second-order valence-electron chi connectivity index (χ2n) is 13.9. The summed E-state index contributed by atoms with van der Waals surface area (Å²) in [7, 11) is 1.67. The van der Waals surface area contributed by atoms with E-state index in [4.69, 9.17) is 16.3 Å². The Kier molecular flexibility index (Phi) is 11.0. The van der Waals surface area contributed by atoms with Crippen molar-refractivity contribution in [2.24, 2.45) is 5.41 Å². The molecular formula is C37H41ClF3N7O5. The zero-order chi connectivity index (χ0) is 38.1. The van der Waals surface area contributed by atoms with Gasteiger partial charge in [0.1, 0.15) is 17.4 Å². The number of hydrogen-bond donors (Lipinski definition) is 4. The van der Waals surface area contributed by atoms with Gasteiger partial charge in [-0.1, -0.05) is 35.9 Å². The molecule has 0 spiro atoms. The van der Waals surface area contributed by atoms with Crippen molar-refractivity contribution in [1.29, 1.82) is 0 Å². The number of ether oxygens (including phenoxy) is 2. The third-order valence-electron chi connectivity index (χ3n) is 9.59. The maximum absolute atomic E-state index is 13.6. The van der Waals surface area contributed by atoms with E-state index in [9.17, 15) is 27.9 Å². The van der Waals surface area contributed by atoms with Gasteiger partial charge in [-0.2, -0.15) is 0 Å². The third kappa shape index (κ3) is 8.59. The number of aliphatic hydroxyl groups is 1. The maximum Gasteiger partial charge on any atom is 0.573 e. The molecule has 2 aromatic carbocycles. The number of benzene rings is 2. The molecule has 0 saturated carbocycles. The Morgan fingerprint density at radius 1 is 1.06 bits per heavy atom. The van der Waals surface area contributed by atoms with Crippen LogP contribution in [0.25, 0.3) is 22.4 Å². The van der Waals surface area contributed by atoms with E-state index in [0.717, 1.165) is 36.1 Å². The smallest absolute Gasteiger partial charge is 0.405 e. The van der Waals surface area contributed by atoms with Crippen molar-refractivity contribution in [2.75, 3.05) is 50.1 Å². The van der Waals surface area contributed by atoms with Gasteiger partial charge in [-0.3, -0.25) is 9.59 Å². The van der Waals surface area contributed by atoms with Gasteiger partial charge in [0.05, 0.1) is 52.3 Å². The van der Waals surface area contributed by atoms with Crippen LogP contribution >= 0.6 is 11.6 Å². The highest BCUT2D eigenvalue weighted by Gasteiger charge is 2.36. The van der Waals surface area contributed by atoms with Crippen molar-refractivity contribution in [3.8, 4) is 28.1 Å². The van der Waals surface area contributed by atoms with Crippen LogP contribution in [0, 0.1) is 5.41 Å². The Balaban J connectivity index is 1.15. The molecule has 4 aromatic rings. The summed E-state index contributed by atoms with van der Waals surface area (Å²) in [5, 5.41) is 15.5. The van der Waals surface area contributed by atoms with E-state index < -0.39 is 23.4 Å². The summed E-state index contributed by atoms with van der Waals surface area (Å²) in [4.78, 5) is 42.1. The minimum atomic E-state index is -5.02. The number of H-pyrrole nitrogens is 1. The lowest BCUT2D eigenvalue weighted by Gasteiger charge is -2.42. The van der Waals surface area contributed by atoms with Gasteiger partial charge >= 0.3 is 6.36 Å². The number of pyridine rings is 1. The molecule has 3 atom stereocenters. The highest BCUT2D eigenvalue weighted by molar-refractivity contribution is 6.34. The Morgan fingerprint density at radius 2 is 1.79 bits per heavy atom. The zero-order valence-electron chi connectivity index (χ0n) is 29.6. The van der Waals surface area contributed by atoms with E-state index >= 15 is 0 Å². The highest BCUT2D eigenvalue weighted by Crippen LogP contribution is 2.41. The number of anilines is 2. The fourth-order valence-corrected chi connectivity index (χ4v) is 6.74. The van der Waals surface area contributed by atoms with Crippen LogP contribution in [0.5, 0.6) is 5.75 Å². The number of rotatable bonds is 10. The van der Waals surface area contributed by atoms with Gasteiger partial charge in [-0.05, 0) is 56.5 Å². The number of hydrogen-bond acceptors (Lipinski definition) is 9. The van der Waals surface area contributed by atoms with Crippen molar-refractivity contribution in [2.45, 2.75) is 51.7 Å². The van der Waals surface area contributed by atoms with Crippen LogP contribution in [0.3, 0.4) is 0 Å². The fraction of sp³-hybridized carbons (Fsp3) is 0.405. The number of methoxy groups -OCH3 is 1. The van der Waals surface area contributed by atoms with Crippen molar-refractivity contribution in [3.63, 3.8) is 0 Å². The van der Waals surface area contributed by atoms with Gasteiger partial charge in [0.15, 0.2) is 0 Å². The molecule has 53 heavy (non-hydrogen) atoms. The average Bonchev–Trinajstić information content (AvgIpc) is 3.83. The predicted octanol–water partition coefficient (Wildman–Crippen LogP) is 6.05. The molecule has 282 valence electrons. The van der Waals surface area contributed by atoms with Crippen LogP contribution in [-0.4, -0.2) is 95.2 Å². The molecule has 2 aromatic heterocycles. The van der Waals surface area contributed by atoms with E-state index in [0.29, 0.717) is 31.0 Å². The van der Waals surface area contributed by atoms with Gasteiger partial charge < -0.3 is 40.0 Å². The molecule has 3 unspecified atom stereocenters. The number of carbonyl (C=O) groups is 2. The monoisotopic (exact) mass is 755 g/mol. The summed E-state index contributed by atoms with van der Waals surface area (Å²) < 4.78 is 50.6. The van der Waals surface area contributed by atoms with Crippen LogP contribution in [0.15, 0.2) is 60.9 Å². The number of halogens is 4. The van der Waals surface area contributed by atoms with Gasteiger partial charge in [-0.15, -0.1) is 13.2 Å². The number of nitrogens with one attached hydrogen (secondary N) is 3. The van der Waals surface area contributed by atoms with E-state index in [1.807, 2.05) is 11.8 Å². The van der Waals surface area contributed by atoms with Crippen molar-refractivity contribution in [1.82, 2.24) is 25.2 Å². The number of aromatic nitrogens is 3. The lowest BCUT2D eigenvalue weighted by atomic mass is 9.92. The highest BCUT2D eigenvalue weighted by atomic mass is 35.5. The van der Waals surface area contributed by atoms with E-state index in [2.05, 4.69) is 30.3 Å². The SMILES string of the molecule is COC1CNC(c2ncc(-c3ccc(-c4cc(Cl)c(NC(=O)c5ccc(N6CCN(C(=O)C(C)(C)CO)CC6C)nc5)cc4OC(F)(F)F)cc3)[nH]2)C1. The van der Waals surface area contributed by atoms with Gasteiger partial charge in [0.25, 0.3) is 5.91 Å². The first kappa shape index (κ1) is 38.0. The molecular weight excluding hydrogens is 715 g/mol. The van der Waals surface area contributed by atoms with E-state index in [1.54, 1.807) is 68.5 Å². The number of imidazole rings is 1. The van der Waals surface area contributed by atoms with Gasteiger partial charge in [0.2, 0.25) is 5.91 Å². The molecule has 16 heteroatoms. The summed E-state index contributed by atoms with van der Waals surface area (Å²) in [6.45, 7) is 7.20. The molecule has 0 bridgehead atoms. The second kappa shape index (κ2) is 15.3. The molecule has 12 nitrogen and oxygen atoms in total. The summed E-state index contributed by atoms with van der Waals surface area (Å²) in [6.07, 6.45) is -1.07. The molecule has 4 heterocycles. The molecule has 2 amide bonds. The number of carbonyl (C=O) groups excluding carboxylic acids is 2. The number of alkyl halides is 3. The Morgan fingerprint density at radius 3 is 2.42 bits per heavy atom. The maximum atomic E-state index is 13.6. The van der Waals surface area contributed by atoms with Crippen LogP contribution in [0.2, 0.25) is 5.02 Å². The van der Waals surface area contributed by atoms with Gasteiger partial charge in [-0.25, -0.2) is 9.97 Å². The lowest BCUT2D eigenvalue weighted by molar-refractivity contribution is -0.274. The normalized spacial score (nSPS) is 19.4. The van der Waals surface area contributed by atoms with Gasteiger partial charge in [0, 0.05) is 57.2 Å². The number of piperazine rings is 1. The summed E-state index contributed by atoms with van der Waals surface area (Å²) in [5.74, 6) is 0.0487. The molecule has 0 aliphatic carbocycles. The van der Waals surface area contributed by atoms with Crippen LogP contribution in [-0.2, 0) is 9.53 Å². The molecule has 2 fully saturated rings. The number of amides is 2. The Labute approximate surface area is 309 Å². The first-order valence-electron chi connectivity index (χ1n) is 17.1. The van der Waals surface area contributed by atoms with Crippen LogP contribution < -0.4 is 20.3 Å². The first-order valence-corrected chi connectivity index (χ1v) is 17.5. The van der Waals surface area contributed by atoms with E-state index in [-0.39, 0.29) is 52.5 Å².